The minimum absolute atomic E-state index is 0.132. The van der Waals surface area contributed by atoms with Crippen LogP contribution in [-0.4, -0.2) is 40.3 Å². The molecule has 2 aliphatic rings. The minimum atomic E-state index is -1.83. The third-order valence-electron chi connectivity index (χ3n) is 4.38. The maximum Gasteiger partial charge on any atom is 0.354 e. The Balaban J connectivity index is 2.15. The van der Waals surface area contributed by atoms with E-state index in [1.54, 1.807) is 12.1 Å². The van der Waals surface area contributed by atoms with Gasteiger partial charge >= 0.3 is 12.3 Å². The smallest absolute Gasteiger partial charge is 0.354 e. The Labute approximate surface area is 131 Å². The van der Waals surface area contributed by atoms with Gasteiger partial charge in [-0.3, -0.25) is 14.9 Å². The molecule has 1 aromatic carbocycles. The third-order valence-corrected chi connectivity index (χ3v) is 4.38. The molecule has 2 atom stereocenters. The van der Waals surface area contributed by atoms with Crippen molar-refractivity contribution in [2.75, 3.05) is 5.73 Å². The fraction of sp³-hybridized carbons (Fsp3) is 0.286. The molecule has 0 saturated carbocycles. The van der Waals surface area contributed by atoms with E-state index in [-0.39, 0.29) is 18.5 Å². The van der Waals surface area contributed by atoms with Crippen LogP contribution in [0.3, 0.4) is 0 Å². The van der Waals surface area contributed by atoms with Crippen LogP contribution in [0, 0.1) is 0 Å². The molecule has 1 fully saturated rings. The van der Waals surface area contributed by atoms with Crippen LogP contribution >= 0.6 is 0 Å². The monoisotopic (exact) mass is 318 g/mol. The van der Waals surface area contributed by atoms with Crippen molar-refractivity contribution in [1.82, 2.24) is 5.32 Å². The van der Waals surface area contributed by atoms with Gasteiger partial charge in [-0.25, -0.2) is 9.59 Å². The van der Waals surface area contributed by atoms with Gasteiger partial charge in [0, 0.05) is 11.3 Å². The molecule has 9 heteroatoms. The molecule has 3 rings (SSSR count). The van der Waals surface area contributed by atoms with E-state index in [9.17, 15) is 19.2 Å². The summed E-state index contributed by atoms with van der Waals surface area (Å²) < 4.78 is -0.935. The summed E-state index contributed by atoms with van der Waals surface area (Å²) in [6.45, 7) is -0.132. The zero-order valence-electron chi connectivity index (χ0n) is 12.1. The number of benzene rings is 1. The quantitative estimate of drug-likeness (QED) is 0.160. The van der Waals surface area contributed by atoms with Crippen LogP contribution in [0.2, 0.25) is 0 Å². The fourth-order valence-corrected chi connectivity index (χ4v) is 3.40. The van der Waals surface area contributed by atoms with E-state index >= 15 is 0 Å². The molecular formula is C14H16N5O4+. The lowest BCUT2D eigenvalue weighted by Crippen LogP contribution is -2.79. The Morgan fingerprint density at radius 3 is 2.52 bits per heavy atom. The number of nitrogens with zero attached hydrogens (tertiary/aromatic N) is 1. The first-order chi connectivity index (χ1) is 10.7. The highest BCUT2D eigenvalue weighted by Gasteiger charge is 2.63. The number of nitrogen functional groups attached to an aromatic ring is 1. The van der Waals surface area contributed by atoms with Crippen molar-refractivity contribution >= 4 is 29.8 Å². The number of imide groups is 2. The van der Waals surface area contributed by atoms with Gasteiger partial charge in [-0.05, 0) is 12.1 Å². The lowest BCUT2D eigenvalue weighted by molar-refractivity contribution is -0.795. The zero-order chi connectivity index (χ0) is 17.0. The first-order valence-corrected chi connectivity index (χ1v) is 6.90. The molecule has 0 radical (unpaired) electrons. The number of fused-ring (bicyclic) bond motifs is 1. The second-order valence-electron chi connectivity index (χ2n) is 5.98. The number of anilines is 1. The lowest BCUT2D eigenvalue weighted by atomic mass is 9.90. The van der Waals surface area contributed by atoms with Crippen molar-refractivity contribution in [2.45, 2.75) is 24.7 Å². The summed E-state index contributed by atoms with van der Waals surface area (Å²) in [6, 6.07) is 3.29. The number of nitrogens with one attached hydrogen (secondary N) is 1. The van der Waals surface area contributed by atoms with E-state index in [0.717, 1.165) is 0 Å². The van der Waals surface area contributed by atoms with E-state index in [1.807, 2.05) is 0 Å². The molecule has 2 heterocycles. The second kappa shape index (κ2) is 4.69. The van der Waals surface area contributed by atoms with E-state index in [4.69, 9.17) is 17.2 Å². The summed E-state index contributed by atoms with van der Waals surface area (Å²) in [6.07, 6.45) is -0.0351. The second-order valence-corrected chi connectivity index (χ2v) is 5.98. The standard InChI is InChI=1S/C14H15N5O4/c15-9-3-1-2-7-8(9)5-19(6-20,13(7)23)11-12(22)18-10(21)4-14(11,16)17/h1-3,6,11H,4-5,15-17H2/p+1. The highest BCUT2D eigenvalue weighted by Crippen LogP contribution is 2.37. The van der Waals surface area contributed by atoms with Crippen molar-refractivity contribution in [3.05, 3.63) is 29.3 Å². The fourth-order valence-electron chi connectivity index (χ4n) is 3.40. The minimum Gasteiger partial charge on any atom is -0.398 e. The van der Waals surface area contributed by atoms with Gasteiger partial charge < -0.3 is 17.2 Å². The molecule has 0 spiro atoms. The zero-order valence-corrected chi connectivity index (χ0v) is 12.1. The van der Waals surface area contributed by atoms with E-state index in [2.05, 4.69) is 5.32 Å². The van der Waals surface area contributed by atoms with Gasteiger partial charge in [0.25, 0.3) is 5.91 Å². The Hall–Kier alpha value is -2.62. The number of amides is 4. The predicted octanol–water partition coefficient (Wildman–Crippen LogP) is -2.08. The van der Waals surface area contributed by atoms with Crippen LogP contribution < -0.4 is 22.5 Å². The van der Waals surface area contributed by atoms with Crippen molar-refractivity contribution in [3.63, 3.8) is 0 Å². The van der Waals surface area contributed by atoms with Gasteiger partial charge in [0.2, 0.25) is 11.9 Å². The van der Waals surface area contributed by atoms with Crippen LogP contribution in [0.4, 0.5) is 5.69 Å². The van der Waals surface area contributed by atoms with Crippen molar-refractivity contribution < 1.29 is 23.7 Å². The molecule has 120 valence electrons. The average molecular weight is 318 g/mol. The topological polar surface area (TPSA) is 158 Å². The Morgan fingerprint density at radius 1 is 1.26 bits per heavy atom. The summed E-state index contributed by atoms with van der Waals surface area (Å²) in [4.78, 5) is 48.5. The van der Waals surface area contributed by atoms with Gasteiger partial charge in [0.1, 0.15) is 12.2 Å². The number of rotatable bonds is 2. The summed E-state index contributed by atoms with van der Waals surface area (Å²) in [5.41, 5.74) is 16.9. The number of hydrogen-bond acceptors (Lipinski definition) is 7. The normalized spacial score (nSPS) is 29.1. The third kappa shape index (κ3) is 1.98. The SMILES string of the molecule is Nc1cccc2c1C[N+](C=O)(C1C(=O)NC(=O)CC1(N)N)C2=O. The number of carbonyl (C=O) groups excluding carboxylic acids is 4. The Morgan fingerprint density at radius 2 is 1.96 bits per heavy atom. The highest BCUT2D eigenvalue weighted by atomic mass is 16.2. The summed E-state index contributed by atoms with van der Waals surface area (Å²) in [5.74, 6) is -2.11. The van der Waals surface area contributed by atoms with E-state index in [0.29, 0.717) is 17.7 Å². The molecule has 0 bridgehead atoms. The molecule has 7 N–H and O–H groups in total. The van der Waals surface area contributed by atoms with Crippen molar-refractivity contribution in [1.29, 1.82) is 0 Å². The molecule has 9 nitrogen and oxygen atoms in total. The molecule has 1 saturated heterocycles. The van der Waals surface area contributed by atoms with E-state index in [1.165, 1.54) is 6.07 Å². The maximum atomic E-state index is 12.8. The van der Waals surface area contributed by atoms with Crippen LogP contribution in [0.5, 0.6) is 0 Å². The summed E-state index contributed by atoms with van der Waals surface area (Å²) >= 11 is 0. The molecule has 2 aliphatic heterocycles. The summed E-state index contributed by atoms with van der Waals surface area (Å²) in [5, 5.41) is 2.09. The van der Waals surface area contributed by atoms with Crippen molar-refractivity contribution in [2.24, 2.45) is 11.5 Å². The number of carbonyl (C=O) groups is 4. The molecule has 4 amide bonds. The predicted molar refractivity (Wildman–Crippen MR) is 77.9 cm³/mol. The number of quaternary nitrogens is 1. The lowest BCUT2D eigenvalue weighted by Gasteiger charge is -2.42. The van der Waals surface area contributed by atoms with Crippen LogP contribution in [-0.2, 0) is 20.9 Å². The Bertz CT molecular complexity index is 760. The molecule has 0 aliphatic carbocycles. The van der Waals surface area contributed by atoms with Crippen molar-refractivity contribution in [3.8, 4) is 0 Å². The Kier molecular flexibility index (Phi) is 3.11. The van der Waals surface area contributed by atoms with Gasteiger partial charge in [-0.1, -0.05) is 6.07 Å². The van der Waals surface area contributed by atoms with Crippen LogP contribution in [0.1, 0.15) is 22.3 Å². The first kappa shape index (κ1) is 15.3. The van der Waals surface area contributed by atoms with Gasteiger partial charge in [-0.2, -0.15) is 4.48 Å². The van der Waals surface area contributed by atoms with Crippen LogP contribution in [0.15, 0.2) is 18.2 Å². The molecule has 2 unspecified atom stereocenters. The number of hydrogen-bond donors (Lipinski definition) is 4. The van der Waals surface area contributed by atoms with E-state index < -0.39 is 33.9 Å². The summed E-state index contributed by atoms with van der Waals surface area (Å²) in [7, 11) is 0. The largest absolute Gasteiger partial charge is 0.398 e. The number of nitrogens with two attached hydrogens (primary N) is 3. The average Bonchev–Trinajstić information content (AvgIpc) is 2.73. The van der Waals surface area contributed by atoms with Gasteiger partial charge in [0.05, 0.1) is 12.0 Å². The molecule has 23 heavy (non-hydrogen) atoms. The highest BCUT2D eigenvalue weighted by molar-refractivity contribution is 6.05. The molecule has 0 aromatic heterocycles. The van der Waals surface area contributed by atoms with Crippen LogP contribution in [0.25, 0.3) is 0 Å². The maximum absolute atomic E-state index is 12.8. The van der Waals surface area contributed by atoms with Gasteiger partial charge in [0.15, 0.2) is 0 Å². The molecular weight excluding hydrogens is 302 g/mol. The number of piperidine rings is 1. The molecule has 1 aromatic rings. The van der Waals surface area contributed by atoms with Gasteiger partial charge in [-0.15, -0.1) is 0 Å². The first-order valence-electron chi connectivity index (χ1n) is 6.90.